The van der Waals surface area contributed by atoms with E-state index in [0.29, 0.717) is 24.2 Å². The number of hydrogen-bond donors (Lipinski definition) is 6. The van der Waals surface area contributed by atoms with Gasteiger partial charge in [-0.3, -0.25) is 43.3 Å². The van der Waals surface area contributed by atoms with E-state index in [-0.39, 0.29) is 49.2 Å². The quantitative estimate of drug-likeness (QED) is 0.0362. The van der Waals surface area contributed by atoms with Crippen LogP contribution in [0.3, 0.4) is 0 Å². The molecule has 6 unspecified atom stereocenters. The number of amides is 7. The number of likely N-dealkylation sites (tertiary alicyclic amines) is 1. The normalized spacial score (nSPS) is 16.4. The Morgan fingerprint density at radius 1 is 0.900 bits per heavy atom. The first-order valence-corrected chi connectivity index (χ1v) is 24.9. The Labute approximate surface area is 407 Å². The van der Waals surface area contributed by atoms with Crippen molar-refractivity contribution in [3.63, 3.8) is 0 Å². The van der Waals surface area contributed by atoms with Crippen molar-refractivity contribution in [1.82, 2.24) is 51.1 Å². The Kier molecular flexibility index (Phi) is 21.8. The van der Waals surface area contributed by atoms with Crippen LogP contribution in [0.4, 0.5) is 13.9 Å². The molecule has 6 atom stereocenters. The molecule has 0 radical (unpaired) electrons. The number of aromatic nitrogens is 4. The molecule has 70 heavy (non-hydrogen) atoms. The van der Waals surface area contributed by atoms with Crippen LogP contribution < -0.4 is 31.3 Å². The van der Waals surface area contributed by atoms with Crippen LogP contribution in [-0.2, 0) is 54.9 Å². The average molecular weight is 1020 g/mol. The number of halogens is 2. The summed E-state index contributed by atoms with van der Waals surface area (Å²) < 4.78 is 60.6. The summed E-state index contributed by atoms with van der Waals surface area (Å²) in [5.41, 5.74) is 0.704. The zero-order valence-corrected chi connectivity index (χ0v) is 40.9. The largest absolute Gasteiger partial charge is 0.372 e. The molecule has 4 rings (SSSR count). The molecule has 3 aromatic rings. The number of benzene rings is 1. The van der Waals surface area contributed by atoms with Gasteiger partial charge in [-0.15, -0.1) is 10.2 Å². The van der Waals surface area contributed by atoms with Crippen LogP contribution in [-0.4, -0.2) is 130 Å². The van der Waals surface area contributed by atoms with E-state index in [2.05, 4.69) is 41.4 Å². The minimum absolute atomic E-state index is 0.0511. The van der Waals surface area contributed by atoms with Crippen LogP contribution >= 0.6 is 11.3 Å². The molecule has 22 nitrogen and oxygen atoms in total. The maximum atomic E-state index is 14.7. The monoisotopic (exact) mass is 1020 g/mol. The summed E-state index contributed by atoms with van der Waals surface area (Å²) in [5.74, 6) is -9.00. The predicted octanol–water partition coefficient (Wildman–Crippen LogP) is 2.04. The minimum Gasteiger partial charge on any atom is -0.372 e. The molecule has 2 aromatic heterocycles. The molecule has 3 heterocycles. The van der Waals surface area contributed by atoms with Crippen LogP contribution in [0, 0.1) is 11.8 Å². The number of alkyl halides is 2. The van der Waals surface area contributed by atoms with Crippen LogP contribution in [0.15, 0.2) is 53.3 Å². The fraction of sp³-hybridized carbons (Fsp3) is 0.545. The average Bonchev–Trinajstić information content (AvgIpc) is 3.99. The highest BCUT2D eigenvalue weighted by Gasteiger charge is 2.45. The summed E-state index contributed by atoms with van der Waals surface area (Å²) in [6, 6.07) is 2.81. The summed E-state index contributed by atoms with van der Waals surface area (Å²) in [6.45, 7) is 7.74. The first-order valence-electron chi connectivity index (χ1n) is 22.7. The highest BCUT2D eigenvalue weighted by atomic mass is 32.2. The van der Waals surface area contributed by atoms with Crippen molar-refractivity contribution >= 4 is 73.6 Å². The first kappa shape index (κ1) is 56.2. The van der Waals surface area contributed by atoms with E-state index in [9.17, 15) is 55.6 Å². The van der Waals surface area contributed by atoms with Crippen molar-refractivity contribution < 1.29 is 60.3 Å². The lowest BCUT2D eigenvalue weighted by molar-refractivity contribution is -0.144. The van der Waals surface area contributed by atoms with Crippen molar-refractivity contribution in [2.75, 3.05) is 18.4 Å². The number of anilines is 1. The second-order valence-electron chi connectivity index (χ2n) is 16.9. The van der Waals surface area contributed by atoms with Crippen LogP contribution in [0.2, 0.25) is 0 Å². The fourth-order valence-corrected chi connectivity index (χ4v) is 8.97. The number of ether oxygens (including phenoxy) is 1. The Hall–Kier alpha value is -6.41. The number of unbranched alkanes of at least 4 members (excludes halogenated alkanes) is 2. The smallest absolute Gasteiger partial charge is 0.293 e. The Morgan fingerprint density at radius 3 is 2.27 bits per heavy atom. The lowest BCUT2D eigenvalue weighted by Gasteiger charge is -2.33. The minimum atomic E-state index is -4.69. The lowest BCUT2D eigenvalue weighted by Crippen LogP contribution is -2.59. The van der Waals surface area contributed by atoms with Crippen LogP contribution in [0.1, 0.15) is 102 Å². The maximum Gasteiger partial charge on any atom is 0.293 e. The van der Waals surface area contributed by atoms with Crippen molar-refractivity contribution in [1.29, 1.82) is 0 Å². The first-order chi connectivity index (χ1) is 33.2. The Morgan fingerprint density at radius 2 is 1.63 bits per heavy atom. The molecule has 7 amide bonds. The number of sulfonamides is 1. The summed E-state index contributed by atoms with van der Waals surface area (Å²) in [5, 5.41) is 18.7. The molecule has 0 bridgehead atoms. The van der Waals surface area contributed by atoms with Gasteiger partial charge in [0.1, 0.15) is 29.9 Å². The van der Waals surface area contributed by atoms with E-state index in [1.54, 1.807) is 48.9 Å². The highest BCUT2D eigenvalue weighted by molar-refractivity contribution is 7.92. The molecule has 1 fully saturated rings. The molecule has 0 spiro atoms. The molecule has 0 aliphatic carbocycles. The third kappa shape index (κ3) is 17.2. The number of carbonyl (C=O) groups excluding carboxylic acids is 8. The zero-order valence-electron chi connectivity index (χ0n) is 39.3. The number of hydrogen-bond acceptors (Lipinski definition) is 16. The summed E-state index contributed by atoms with van der Waals surface area (Å²) in [4.78, 5) is 116. The summed E-state index contributed by atoms with van der Waals surface area (Å²) in [6.07, 6.45) is 1.18. The number of rotatable bonds is 27. The van der Waals surface area contributed by atoms with Gasteiger partial charge < -0.3 is 36.2 Å². The van der Waals surface area contributed by atoms with E-state index in [4.69, 9.17) is 4.74 Å². The Bertz CT molecular complexity index is 2400. The molecule has 26 heteroatoms. The highest BCUT2D eigenvalue weighted by Crippen LogP contribution is 2.26. The van der Waals surface area contributed by atoms with Gasteiger partial charge in [-0.05, 0) is 30.2 Å². The van der Waals surface area contributed by atoms with Gasteiger partial charge in [0, 0.05) is 38.2 Å². The number of nitrogens with zero attached hydrogens (tertiary/aromatic N) is 5. The van der Waals surface area contributed by atoms with E-state index in [1.807, 2.05) is 26.1 Å². The number of Topliss-reactive ketones (excluding diaryl/α,β-unsaturated/α-hetero) is 1. The molecule has 0 saturated carbocycles. The predicted molar refractivity (Wildman–Crippen MR) is 248 cm³/mol. The van der Waals surface area contributed by atoms with Crippen molar-refractivity contribution in [2.24, 2.45) is 11.8 Å². The van der Waals surface area contributed by atoms with Crippen LogP contribution in [0.25, 0.3) is 0 Å². The van der Waals surface area contributed by atoms with Gasteiger partial charge in [0.25, 0.3) is 32.1 Å². The molecule has 382 valence electrons. The fourth-order valence-electron chi connectivity index (χ4n) is 7.06. The van der Waals surface area contributed by atoms with Crippen LogP contribution in [0.5, 0.6) is 0 Å². The molecule has 1 aliphatic rings. The maximum absolute atomic E-state index is 14.7. The number of ketones is 1. The van der Waals surface area contributed by atoms with Gasteiger partial charge in [-0.1, -0.05) is 95.5 Å². The molecular formula is C44H59F2N11O11S2. The number of nitrogens with one attached hydrogen (secondary N) is 6. The molecule has 1 saturated heterocycles. The topological polar surface area (TPSA) is 307 Å². The third-order valence-corrected chi connectivity index (χ3v) is 13.5. The third-order valence-electron chi connectivity index (χ3n) is 10.9. The lowest BCUT2D eigenvalue weighted by atomic mass is 9.96. The number of carbonyl (C=O) groups is 8. The zero-order chi connectivity index (χ0) is 51.5. The van der Waals surface area contributed by atoms with Gasteiger partial charge in [0.2, 0.25) is 41.0 Å². The van der Waals surface area contributed by atoms with E-state index in [1.165, 1.54) is 18.6 Å². The van der Waals surface area contributed by atoms with Gasteiger partial charge in [-0.25, -0.2) is 18.5 Å². The SMILES string of the molecule is CCCCCC(=O)Nc1nnc(S(=O)(=O)NC(=O)CNC(=O)C(=O)C(CC(F)F)NC(=O)C2CC(OCc3ccccc3)CN2C(=O)C(NC(=O)C(CC(C)C)NC(=O)c2cnccn2)C(C)CC)s1. The van der Waals surface area contributed by atoms with Gasteiger partial charge >= 0.3 is 0 Å². The van der Waals surface area contributed by atoms with E-state index < -0.39 is 117 Å². The molecular weight excluding hydrogens is 961 g/mol. The second kappa shape index (κ2) is 27.1. The Balaban J connectivity index is 1.50. The van der Waals surface area contributed by atoms with Gasteiger partial charge in [0.05, 0.1) is 25.5 Å². The van der Waals surface area contributed by atoms with Crippen molar-refractivity contribution in [2.45, 2.75) is 134 Å². The second-order valence-corrected chi connectivity index (χ2v) is 19.8. The van der Waals surface area contributed by atoms with Gasteiger partial charge in [-0.2, -0.15) is 8.42 Å². The molecule has 1 aliphatic heterocycles. The summed E-state index contributed by atoms with van der Waals surface area (Å²) >= 11 is 0.440. The van der Waals surface area contributed by atoms with Crippen molar-refractivity contribution in [3.8, 4) is 0 Å². The van der Waals surface area contributed by atoms with Gasteiger partial charge in [0.15, 0.2) is 0 Å². The standard InChI is InChI=1S/C44H59F2N11O11S2/c1-6-8-10-15-34(58)52-43-54-55-44(69-43)70(66,67)56-35(59)22-49-41(64)37(60)29(20-33(45)46)50-40(63)32-19-28(68-24-27-13-11-9-12-14-27)23-57(32)42(65)36(26(5)7-2)53-38(61)30(18-25(3)4)51-39(62)31-21-47-16-17-48-31/h9,11-14,16-17,21,25-26,28-30,32-33,36H,6-8,10,15,18-20,22-24H2,1-5H3,(H,49,64)(H,50,63)(H,51,62)(H,53,61)(H,56,59)(H,52,54,58). The van der Waals surface area contributed by atoms with Crippen molar-refractivity contribution in [3.05, 3.63) is 60.2 Å². The van der Waals surface area contributed by atoms with E-state index >= 15 is 0 Å². The summed E-state index contributed by atoms with van der Waals surface area (Å²) in [7, 11) is -4.69. The molecule has 1 aromatic carbocycles. The van der Waals surface area contributed by atoms with E-state index in [0.717, 1.165) is 23.3 Å². The molecule has 6 N–H and O–H groups in total.